The van der Waals surface area contributed by atoms with Crippen LogP contribution in [0.1, 0.15) is 48.9 Å². The molecule has 0 amide bonds. The number of fused-ring (bicyclic) bond motifs is 1. The minimum absolute atomic E-state index is 0.0416. The Hall–Kier alpha value is -2.70. The predicted octanol–water partition coefficient (Wildman–Crippen LogP) is 5.39. The van der Waals surface area contributed by atoms with Crippen molar-refractivity contribution in [2.24, 2.45) is 0 Å². The summed E-state index contributed by atoms with van der Waals surface area (Å²) in [6.07, 6.45) is 3.38. The number of hydrogen-bond acceptors (Lipinski definition) is 3. The lowest BCUT2D eigenvalue weighted by Crippen LogP contribution is -2.44. The smallest absolute Gasteiger partial charge is 0.253 e. The van der Waals surface area contributed by atoms with Gasteiger partial charge in [-0.3, -0.25) is 9.69 Å². The molecule has 1 fully saturated rings. The number of likely N-dealkylation sites (tertiary alicyclic amines) is 1. The van der Waals surface area contributed by atoms with Crippen LogP contribution in [0.5, 0.6) is 0 Å². The first kappa shape index (κ1) is 24.4. The molecule has 2 heterocycles. The molecule has 1 atom stereocenters. The molecule has 1 aromatic heterocycles. The third-order valence-electron chi connectivity index (χ3n) is 7.23. The SMILES string of the molecule is CCc1ccc(NC(=S)N(Cc2cc3ccc(C)c(C)c3[nH]c2=O)C[C@H]2CCCN2CC)cc1. The maximum atomic E-state index is 13.1. The van der Waals surface area contributed by atoms with Gasteiger partial charge in [-0.2, -0.15) is 0 Å². The van der Waals surface area contributed by atoms with Gasteiger partial charge in [0.25, 0.3) is 5.56 Å². The molecule has 4 rings (SSSR count). The molecule has 0 saturated carbocycles. The number of pyridine rings is 1. The predicted molar refractivity (Wildman–Crippen MR) is 147 cm³/mol. The van der Waals surface area contributed by atoms with Crippen molar-refractivity contribution in [3.8, 4) is 0 Å². The van der Waals surface area contributed by atoms with E-state index in [4.69, 9.17) is 12.2 Å². The Bertz CT molecular complexity index is 1220. The Labute approximate surface area is 208 Å². The van der Waals surface area contributed by atoms with Gasteiger partial charge in [0.1, 0.15) is 0 Å². The number of aryl methyl sites for hydroxylation is 3. The van der Waals surface area contributed by atoms with Gasteiger partial charge in [-0.25, -0.2) is 0 Å². The highest BCUT2D eigenvalue weighted by Gasteiger charge is 2.26. The summed E-state index contributed by atoms with van der Waals surface area (Å²) in [6, 6.07) is 15.1. The standard InChI is InChI=1S/C28H36N4OS/c1-5-21-10-13-24(14-11-21)29-28(34)32(18-25-8-7-15-31(25)6-2)17-23-16-22-12-9-19(3)20(4)26(22)30-27(23)33/h9-14,16,25H,5-8,15,17-18H2,1-4H3,(H,29,34)(H,30,33)/t25-/m1/s1. The van der Waals surface area contributed by atoms with Crippen LogP contribution in [0.2, 0.25) is 0 Å². The molecule has 6 heteroatoms. The van der Waals surface area contributed by atoms with Crippen LogP contribution < -0.4 is 10.9 Å². The number of nitrogens with zero attached hydrogens (tertiary/aromatic N) is 2. The van der Waals surface area contributed by atoms with Crippen LogP contribution in [-0.2, 0) is 13.0 Å². The summed E-state index contributed by atoms with van der Waals surface area (Å²) in [5.41, 5.74) is 6.19. The average molecular weight is 477 g/mol. The maximum absolute atomic E-state index is 13.1. The summed E-state index contributed by atoms with van der Waals surface area (Å²) in [5.74, 6) is 0. The normalized spacial score (nSPS) is 16.2. The lowest BCUT2D eigenvalue weighted by molar-refractivity contribution is 0.221. The molecule has 2 N–H and O–H groups in total. The summed E-state index contributed by atoms with van der Waals surface area (Å²) in [7, 11) is 0. The number of anilines is 1. The third kappa shape index (κ3) is 5.34. The van der Waals surface area contributed by atoms with Crippen molar-refractivity contribution in [3.05, 3.63) is 75.1 Å². The van der Waals surface area contributed by atoms with Crippen molar-refractivity contribution < 1.29 is 0 Å². The van der Waals surface area contributed by atoms with Crippen molar-refractivity contribution >= 4 is 33.9 Å². The number of rotatable bonds is 7. The Morgan fingerprint density at radius 2 is 1.94 bits per heavy atom. The largest absolute Gasteiger partial charge is 0.343 e. The molecule has 1 saturated heterocycles. The van der Waals surface area contributed by atoms with Gasteiger partial charge in [0, 0.05) is 23.8 Å². The summed E-state index contributed by atoms with van der Waals surface area (Å²) in [4.78, 5) is 20.9. The maximum Gasteiger partial charge on any atom is 0.253 e. The average Bonchev–Trinajstić information content (AvgIpc) is 3.29. The number of hydrogen-bond donors (Lipinski definition) is 2. The quantitative estimate of drug-likeness (QED) is 0.448. The van der Waals surface area contributed by atoms with Crippen molar-refractivity contribution in [3.63, 3.8) is 0 Å². The lowest BCUT2D eigenvalue weighted by Gasteiger charge is -2.32. The zero-order valence-corrected chi connectivity index (χ0v) is 21.6. The Morgan fingerprint density at radius 3 is 2.65 bits per heavy atom. The number of likely N-dealkylation sites (N-methyl/N-ethyl adjacent to an activating group) is 1. The number of benzene rings is 2. The minimum Gasteiger partial charge on any atom is -0.343 e. The summed E-state index contributed by atoms with van der Waals surface area (Å²) < 4.78 is 0. The van der Waals surface area contributed by atoms with Gasteiger partial charge in [0.05, 0.1) is 12.1 Å². The van der Waals surface area contributed by atoms with Crippen LogP contribution in [0.3, 0.4) is 0 Å². The van der Waals surface area contributed by atoms with Crippen molar-refractivity contribution in [1.82, 2.24) is 14.8 Å². The van der Waals surface area contributed by atoms with Gasteiger partial charge in [-0.05, 0) is 98.7 Å². The van der Waals surface area contributed by atoms with Gasteiger partial charge in [-0.1, -0.05) is 38.1 Å². The number of aromatic amines is 1. The molecular formula is C28H36N4OS. The van der Waals surface area contributed by atoms with Crippen LogP contribution in [-0.4, -0.2) is 45.6 Å². The molecule has 34 heavy (non-hydrogen) atoms. The van der Waals surface area contributed by atoms with Gasteiger partial charge in [0.2, 0.25) is 0 Å². The summed E-state index contributed by atoms with van der Waals surface area (Å²) in [5, 5.41) is 5.14. The fraction of sp³-hybridized carbons (Fsp3) is 0.429. The van der Waals surface area contributed by atoms with E-state index in [1.807, 2.05) is 6.07 Å². The highest BCUT2D eigenvalue weighted by atomic mass is 32.1. The van der Waals surface area contributed by atoms with Gasteiger partial charge < -0.3 is 15.2 Å². The van der Waals surface area contributed by atoms with Crippen LogP contribution >= 0.6 is 12.2 Å². The first-order valence-electron chi connectivity index (χ1n) is 12.4. The molecule has 0 unspecified atom stereocenters. The number of thiocarbonyl (C=S) groups is 1. The number of aromatic nitrogens is 1. The van der Waals surface area contributed by atoms with E-state index in [0.29, 0.717) is 17.7 Å². The van der Waals surface area contributed by atoms with E-state index in [1.54, 1.807) is 0 Å². The van der Waals surface area contributed by atoms with E-state index in [1.165, 1.54) is 17.5 Å². The highest BCUT2D eigenvalue weighted by molar-refractivity contribution is 7.80. The van der Waals surface area contributed by atoms with Crippen LogP contribution in [0.4, 0.5) is 5.69 Å². The Morgan fingerprint density at radius 1 is 1.18 bits per heavy atom. The Balaban J connectivity index is 1.62. The molecule has 0 spiro atoms. The van der Waals surface area contributed by atoms with E-state index < -0.39 is 0 Å². The highest BCUT2D eigenvalue weighted by Crippen LogP contribution is 2.22. The molecule has 1 aliphatic rings. The minimum atomic E-state index is -0.0416. The van der Waals surface area contributed by atoms with E-state index in [-0.39, 0.29) is 5.56 Å². The topological polar surface area (TPSA) is 51.4 Å². The van der Waals surface area contributed by atoms with Gasteiger partial charge in [-0.15, -0.1) is 0 Å². The first-order chi connectivity index (χ1) is 16.4. The van der Waals surface area contributed by atoms with Crippen molar-refractivity contribution in [2.75, 3.05) is 25.0 Å². The monoisotopic (exact) mass is 476 g/mol. The second-order valence-electron chi connectivity index (χ2n) is 9.38. The molecular weight excluding hydrogens is 440 g/mol. The molecule has 2 aromatic carbocycles. The van der Waals surface area contributed by atoms with Crippen LogP contribution in [0.25, 0.3) is 10.9 Å². The molecule has 5 nitrogen and oxygen atoms in total. The summed E-state index contributed by atoms with van der Waals surface area (Å²) in [6.45, 7) is 11.9. The molecule has 0 radical (unpaired) electrons. The molecule has 0 aliphatic carbocycles. The zero-order valence-electron chi connectivity index (χ0n) is 20.8. The van der Waals surface area contributed by atoms with E-state index in [0.717, 1.165) is 60.2 Å². The van der Waals surface area contributed by atoms with Crippen LogP contribution in [0.15, 0.2) is 47.3 Å². The third-order valence-corrected chi connectivity index (χ3v) is 7.59. The second-order valence-corrected chi connectivity index (χ2v) is 9.77. The van der Waals surface area contributed by atoms with E-state index in [9.17, 15) is 4.79 Å². The lowest BCUT2D eigenvalue weighted by atomic mass is 10.0. The Kier molecular flexibility index (Phi) is 7.69. The first-order valence-corrected chi connectivity index (χ1v) is 12.8. The zero-order chi connectivity index (χ0) is 24.2. The van der Waals surface area contributed by atoms with Crippen LogP contribution in [0, 0.1) is 13.8 Å². The molecule has 0 bridgehead atoms. The van der Waals surface area contributed by atoms with Crippen molar-refractivity contribution in [2.45, 2.75) is 59.5 Å². The van der Waals surface area contributed by atoms with E-state index in [2.05, 4.69) is 84.2 Å². The molecule has 180 valence electrons. The van der Waals surface area contributed by atoms with Gasteiger partial charge in [0.15, 0.2) is 5.11 Å². The number of nitrogens with one attached hydrogen (secondary N) is 2. The number of H-pyrrole nitrogens is 1. The van der Waals surface area contributed by atoms with Gasteiger partial charge >= 0.3 is 0 Å². The fourth-order valence-electron chi connectivity index (χ4n) is 4.91. The summed E-state index contributed by atoms with van der Waals surface area (Å²) >= 11 is 5.89. The second kappa shape index (κ2) is 10.7. The van der Waals surface area contributed by atoms with E-state index >= 15 is 0 Å². The fourth-order valence-corrected chi connectivity index (χ4v) is 5.17. The molecule has 3 aromatic rings. The molecule has 1 aliphatic heterocycles. The van der Waals surface area contributed by atoms with Crippen molar-refractivity contribution in [1.29, 1.82) is 0 Å².